The van der Waals surface area contributed by atoms with Crippen LogP contribution >= 0.6 is 0 Å². The topological polar surface area (TPSA) is 29.3 Å². The molecule has 118 valence electrons. The van der Waals surface area contributed by atoms with Crippen LogP contribution in [-0.2, 0) is 11.8 Å². The molecule has 1 aromatic carbocycles. The second-order valence-electron chi connectivity index (χ2n) is 7.89. The van der Waals surface area contributed by atoms with Gasteiger partial charge in [-0.1, -0.05) is 45.0 Å². The van der Waals surface area contributed by atoms with Gasteiger partial charge in [0.2, 0.25) is 0 Å². The van der Waals surface area contributed by atoms with E-state index in [1.165, 1.54) is 24.0 Å². The van der Waals surface area contributed by atoms with Crippen LogP contribution in [0.1, 0.15) is 58.1 Å². The third-order valence-electron chi connectivity index (χ3n) is 5.07. The molecular formula is C19H32N2. The zero-order valence-corrected chi connectivity index (χ0v) is 14.4. The van der Waals surface area contributed by atoms with Crippen molar-refractivity contribution in [3.63, 3.8) is 0 Å². The van der Waals surface area contributed by atoms with Crippen molar-refractivity contribution < 1.29 is 0 Å². The summed E-state index contributed by atoms with van der Waals surface area (Å²) in [6.07, 6.45) is 4.71. The van der Waals surface area contributed by atoms with Gasteiger partial charge in [0.15, 0.2) is 0 Å². The van der Waals surface area contributed by atoms with E-state index in [0.29, 0.717) is 18.1 Å². The monoisotopic (exact) mass is 288 g/mol. The minimum absolute atomic E-state index is 0.237. The molecule has 0 radical (unpaired) electrons. The molecule has 1 aromatic rings. The van der Waals surface area contributed by atoms with Crippen LogP contribution in [0.15, 0.2) is 24.3 Å². The van der Waals surface area contributed by atoms with Crippen molar-refractivity contribution in [1.29, 1.82) is 0 Å². The number of rotatable bonds is 4. The Morgan fingerprint density at radius 2 is 1.81 bits per heavy atom. The lowest BCUT2D eigenvalue weighted by atomic mass is 9.86. The minimum atomic E-state index is 0.237. The molecule has 0 amide bonds. The van der Waals surface area contributed by atoms with Crippen molar-refractivity contribution in [2.45, 2.75) is 76.9 Å². The largest absolute Gasteiger partial charge is 0.328 e. The van der Waals surface area contributed by atoms with E-state index in [4.69, 9.17) is 5.73 Å². The maximum Gasteiger partial charge on any atom is 0.0110 e. The lowest BCUT2D eigenvalue weighted by Gasteiger charge is -2.31. The van der Waals surface area contributed by atoms with Crippen LogP contribution in [0.4, 0.5) is 0 Å². The van der Waals surface area contributed by atoms with Crippen LogP contribution < -0.4 is 5.73 Å². The maximum absolute atomic E-state index is 6.05. The molecule has 0 saturated heterocycles. The summed E-state index contributed by atoms with van der Waals surface area (Å²) in [7, 11) is 2.26. The molecule has 2 heteroatoms. The summed E-state index contributed by atoms with van der Waals surface area (Å²) in [5, 5.41) is 0. The fourth-order valence-electron chi connectivity index (χ4n) is 3.35. The molecule has 1 unspecified atom stereocenters. The van der Waals surface area contributed by atoms with Gasteiger partial charge in [-0.2, -0.15) is 0 Å². The highest BCUT2D eigenvalue weighted by Crippen LogP contribution is 2.25. The van der Waals surface area contributed by atoms with Crippen LogP contribution in [-0.4, -0.2) is 30.1 Å². The van der Waals surface area contributed by atoms with Crippen molar-refractivity contribution >= 4 is 0 Å². The SMILES string of the molecule is CC(Cc1ccc(C(C)(C)C)cc1)N(C)[C@H]1CC[C@@H](N)C1. The van der Waals surface area contributed by atoms with Gasteiger partial charge in [-0.25, -0.2) is 0 Å². The van der Waals surface area contributed by atoms with Gasteiger partial charge in [0.25, 0.3) is 0 Å². The van der Waals surface area contributed by atoms with Crippen LogP contribution in [0.2, 0.25) is 0 Å². The molecular weight excluding hydrogens is 256 g/mol. The van der Waals surface area contributed by atoms with Crippen molar-refractivity contribution in [3.8, 4) is 0 Å². The molecule has 0 aromatic heterocycles. The first-order chi connectivity index (χ1) is 9.77. The van der Waals surface area contributed by atoms with E-state index >= 15 is 0 Å². The van der Waals surface area contributed by atoms with Crippen molar-refractivity contribution in [1.82, 2.24) is 4.90 Å². The molecule has 2 nitrogen and oxygen atoms in total. The van der Waals surface area contributed by atoms with Crippen molar-refractivity contribution in [2.75, 3.05) is 7.05 Å². The van der Waals surface area contributed by atoms with Gasteiger partial charge in [-0.15, -0.1) is 0 Å². The summed E-state index contributed by atoms with van der Waals surface area (Å²) in [4.78, 5) is 2.53. The number of likely N-dealkylation sites (N-methyl/N-ethyl adjacent to an activating group) is 1. The van der Waals surface area contributed by atoms with Gasteiger partial charge in [0.1, 0.15) is 0 Å². The van der Waals surface area contributed by atoms with Gasteiger partial charge >= 0.3 is 0 Å². The summed E-state index contributed by atoms with van der Waals surface area (Å²) < 4.78 is 0. The van der Waals surface area contributed by atoms with Gasteiger partial charge in [-0.05, 0) is 56.2 Å². The second-order valence-corrected chi connectivity index (χ2v) is 7.89. The molecule has 0 aliphatic heterocycles. The molecule has 0 spiro atoms. The molecule has 1 saturated carbocycles. The van der Waals surface area contributed by atoms with E-state index in [2.05, 4.69) is 63.9 Å². The third kappa shape index (κ3) is 4.31. The van der Waals surface area contributed by atoms with Crippen LogP contribution in [0.25, 0.3) is 0 Å². The van der Waals surface area contributed by atoms with Crippen LogP contribution in [0.3, 0.4) is 0 Å². The minimum Gasteiger partial charge on any atom is -0.328 e. The van der Waals surface area contributed by atoms with Gasteiger partial charge in [0.05, 0.1) is 0 Å². The first-order valence-electron chi connectivity index (χ1n) is 8.34. The number of nitrogens with zero attached hydrogens (tertiary/aromatic N) is 1. The zero-order chi connectivity index (χ0) is 15.6. The molecule has 21 heavy (non-hydrogen) atoms. The average molecular weight is 288 g/mol. The van der Waals surface area contributed by atoms with E-state index in [9.17, 15) is 0 Å². The highest BCUT2D eigenvalue weighted by Gasteiger charge is 2.27. The highest BCUT2D eigenvalue weighted by molar-refractivity contribution is 5.28. The first-order valence-corrected chi connectivity index (χ1v) is 8.34. The van der Waals surface area contributed by atoms with Gasteiger partial charge in [0, 0.05) is 18.1 Å². The fraction of sp³-hybridized carbons (Fsp3) is 0.684. The Morgan fingerprint density at radius 1 is 1.19 bits per heavy atom. The third-order valence-corrected chi connectivity index (χ3v) is 5.07. The van der Waals surface area contributed by atoms with E-state index in [-0.39, 0.29) is 5.41 Å². The standard InChI is InChI=1S/C19H32N2/c1-14(21(5)18-11-10-17(20)13-18)12-15-6-8-16(9-7-15)19(2,3)4/h6-9,14,17-18H,10-13,20H2,1-5H3/t14?,17-,18+/m1/s1. The summed E-state index contributed by atoms with van der Waals surface area (Å²) in [6, 6.07) is 10.8. The Morgan fingerprint density at radius 3 is 2.29 bits per heavy atom. The average Bonchev–Trinajstić information content (AvgIpc) is 2.84. The lowest BCUT2D eigenvalue weighted by Crippen LogP contribution is -2.39. The Balaban J connectivity index is 1.94. The lowest BCUT2D eigenvalue weighted by molar-refractivity contribution is 0.184. The molecule has 0 bridgehead atoms. The van der Waals surface area contributed by atoms with Crippen LogP contribution in [0, 0.1) is 0 Å². The van der Waals surface area contributed by atoms with E-state index in [0.717, 1.165) is 12.8 Å². The molecule has 3 atom stereocenters. The summed E-state index contributed by atoms with van der Waals surface area (Å²) in [5.41, 5.74) is 9.13. The van der Waals surface area contributed by atoms with Crippen molar-refractivity contribution in [2.24, 2.45) is 5.73 Å². The molecule has 1 aliphatic rings. The van der Waals surface area contributed by atoms with Gasteiger partial charge < -0.3 is 10.6 Å². The zero-order valence-electron chi connectivity index (χ0n) is 14.4. The van der Waals surface area contributed by atoms with E-state index in [1.54, 1.807) is 0 Å². The smallest absolute Gasteiger partial charge is 0.0110 e. The molecule has 1 aliphatic carbocycles. The fourth-order valence-corrected chi connectivity index (χ4v) is 3.35. The van der Waals surface area contributed by atoms with Crippen molar-refractivity contribution in [3.05, 3.63) is 35.4 Å². The molecule has 1 fully saturated rings. The van der Waals surface area contributed by atoms with E-state index < -0.39 is 0 Å². The maximum atomic E-state index is 6.05. The Bertz CT molecular complexity index is 444. The highest BCUT2D eigenvalue weighted by atomic mass is 15.2. The Kier molecular flexibility index (Phi) is 5.11. The Hall–Kier alpha value is -0.860. The Labute approximate surface area is 130 Å². The number of hydrogen-bond donors (Lipinski definition) is 1. The van der Waals surface area contributed by atoms with Gasteiger partial charge in [-0.3, -0.25) is 0 Å². The van der Waals surface area contributed by atoms with Crippen LogP contribution in [0.5, 0.6) is 0 Å². The predicted molar refractivity (Wildman–Crippen MR) is 91.7 cm³/mol. The molecule has 2 N–H and O–H groups in total. The number of benzene rings is 1. The number of hydrogen-bond acceptors (Lipinski definition) is 2. The summed E-state index contributed by atoms with van der Waals surface area (Å²) in [6.45, 7) is 9.13. The molecule has 0 heterocycles. The predicted octanol–water partition coefficient (Wildman–Crippen LogP) is 3.73. The molecule has 2 rings (SSSR count). The van der Waals surface area contributed by atoms with E-state index in [1.807, 2.05) is 0 Å². The normalized spacial score (nSPS) is 24.5. The quantitative estimate of drug-likeness (QED) is 0.915. The first kappa shape index (κ1) is 16.5. The second kappa shape index (κ2) is 6.50. The summed E-state index contributed by atoms with van der Waals surface area (Å²) in [5.74, 6) is 0. The number of nitrogens with two attached hydrogens (primary N) is 1. The summed E-state index contributed by atoms with van der Waals surface area (Å²) >= 11 is 0.